The van der Waals surface area contributed by atoms with Crippen LogP contribution in [0.1, 0.15) is 50.1 Å². The first-order chi connectivity index (χ1) is 9.75. The molecule has 3 rings (SSSR count). The molecule has 1 saturated carbocycles. The molecular weight excluding hydrogens is 248 g/mol. The van der Waals surface area contributed by atoms with Crippen LogP contribution in [0, 0.1) is 5.92 Å². The highest BCUT2D eigenvalue weighted by Crippen LogP contribution is 2.35. The zero-order valence-electron chi connectivity index (χ0n) is 12.0. The van der Waals surface area contributed by atoms with Crippen molar-refractivity contribution in [3.63, 3.8) is 0 Å². The highest BCUT2D eigenvalue weighted by molar-refractivity contribution is 5.79. The summed E-state index contributed by atoms with van der Waals surface area (Å²) in [5.41, 5.74) is 7.31. The van der Waals surface area contributed by atoms with Gasteiger partial charge in [0.1, 0.15) is 0 Å². The third-order valence-corrected chi connectivity index (χ3v) is 4.78. The lowest BCUT2D eigenvalue weighted by atomic mass is 9.85. The number of rotatable bonds is 2. The van der Waals surface area contributed by atoms with Crippen LogP contribution < -0.4 is 5.73 Å². The minimum Gasteiger partial charge on any atom is -0.335 e. The first-order valence-electron chi connectivity index (χ1n) is 7.86. The van der Waals surface area contributed by atoms with Crippen molar-refractivity contribution in [1.82, 2.24) is 4.90 Å². The fourth-order valence-electron chi connectivity index (χ4n) is 3.74. The zero-order valence-corrected chi connectivity index (χ0v) is 12.0. The molecule has 1 aromatic carbocycles. The van der Waals surface area contributed by atoms with Crippen molar-refractivity contribution in [2.45, 2.75) is 50.6 Å². The van der Waals surface area contributed by atoms with Gasteiger partial charge in [-0.2, -0.15) is 0 Å². The van der Waals surface area contributed by atoms with E-state index >= 15 is 0 Å². The van der Waals surface area contributed by atoms with Crippen LogP contribution in [-0.2, 0) is 4.79 Å². The van der Waals surface area contributed by atoms with Crippen LogP contribution in [0.2, 0.25) is 0 Å². The Morgan fingerprint density at radius 1 is 1.10 bits per heavy atom. The third kappa shape index (κ3) is 2.73. The molecule has 1 saturated heterocycles. The van der Waals surface area contributed by atoms with Gasteiger partial charge in [-0.25, -0.2) is 0 Å². The fourth-order valence-corrected chi connectivity index (χ4v) is 3.74. The standard InChI is InChI=1S/C17H24N2O/c18-15-9-4-8-14(12-15)17(20)19-11-5-10-16(19)13-6-2-1-3-7-13/h1-3,6-7,14-16H,4-5,8-12,18H2. The normalized spacial score (nSPS) is 30.4. The summed E-state index contributed by atoms with van der Waals surface area (Å²) in [4.78, 5) is 14.9. The second-order valence-electron chi connectivity index (χ2n) is 6.22. The average molecular weight is 272 g/mol. The first-order valence-corrected chi connectivity index (χ1v) is 7.86. The molecule has 3 heteroatoms. The van der Waals surface area contributed by atoms with Gasteiger partial charge in [-0.3, -0.25) is 4.79 Å². The summed E-state index contributed by atoms with van der Waals surface area (Å²) in [6, 6.07) is 10.9. The first kappa shape index (κ1) is 13.6. The van der Waals surface area contributed by atoms with Crippen LogP contribution in [0.5, 0.6) is 0 Å². The van der Waals surface area contributed by atoms with E-state index in [0.29, 0.717) is 5.91 Å². The number of benzene rings is 1. The molecule has 0 spiro atoms. The van der Waals surface area contributed by atoms with Crippen molar-refractivity contribution in [2.75, 3.05) is 6.54 Å². The fraction of sp³-hybridized carbons (Fsp3) is 0.588. The summed E-state index contributed by atoms with van der Waals surface area (Å²) in [6.07, 6.45) is 6.27. The van der Waals surface area contributed by atoms with Gasteiger partial charge in [-0.1, -0.05) is 36.8 Å². The Labute approximate surface area is 121 Å². The monoisotopic (exact) mass is 272 g/mol. The van der Waals surface area contributed by atoms with E-state index in [-0.39, 0.29) is 18.0 Å². The van der Waals surface area contributed by atoms with Crippen LogP contribution in [-0.4, -0.2) is 23.4 Å². The molecule has 1 aliphatic heterocycles. The quantitative estimate of drug-likeness (QED) is 0.900. The molecule has 3 atom stereocenters. The van der Waals surface area contributed by atoms with Gasteiger partial charge in [0.15, 0.2) is 0 Å². The van der Waals surface area contributed by atoms with Crippen molar-refractivity contribution in [3.05, 3.63) is 35.9 Å². The molecule has 1 amide bonds. The van der Waals surface area contributed by atoms with Crippen LogP contribution in [0.15, 0.2) is 30.3 Å². The van der Waals surface area contributed by atoms with Gasteiger partial charge in [-0.05, 0) is 37.7 Å². The Bertz CT molecular complexity index is 459. The molecule has 0 aromatic heterocycles. The second-order valence-corrected chi connectivity index (χ2v) is 6.22. The number of likely N-dealkylation sites (tertiary alicyclic amines) is 1. The molecule has 3 nitrogen and oxygen atoms in total. The number of carbonyl (C=O) groups is 1. The van der Waals surface area contributed by atoms with Crippen molar-refractivity contribution in [2.24, 2.45) is 11.7 Å². The van der Waals surface area contributed by atoms with Crippen molar-refractivity contribution in [1.29, 1.82) is 0 Å². The summed E-state index contributed by atoms with van der Waals surface area (Å²) >= 11 is 0. The average Bonchev–Trinajstić information content (AvgIpc) is 2.97. The Morgan fingerprint density at radius 2 is 1.90 bits per heavy atom. The predicted molar refractivity (Wildman–Crippen MR) is 80.1 cm³/mol. The van der Waals surface area contributed by atoms with E-state index in [2.05, 4.69) is 29.2 Å². The summed E-state index contributed by atoms with van der Waals surface area (Å²) < 4.78 is 0. The molecule has 20 heavy (non-hydrogen) atoms. The molecule has 108 valence electrons. The van der Waals surface area contributed by atoms with E-state index in [1.54, 1.807) is 0 Å². The maximum atomic E-state index is 12.8. The van der Waals surface area contributed by atoms with E-state index in [9.17, 15) is 4.79 Å². The maximum absolute atomic E-state index is 12.8. The molecule has 0 radical (unpaired) electrons. The van der Waals surface area contributed by atoms with Gasteiger partial charge >= 0.3 is 0 Å². The van der Waals surface area contributed by atoms with Crippen molar-refractivity contribution >= 4 is 5.91 Å². The second kappa shape index (κ2) is 5.96. The minimum absolute atomic E-state index is 0.156. The number of carbonyl (C=O) groups excluding carboxylic acids is 1. The van der Waals surface area contributed by atoms with Crippen LogP contribution in [0.4, 0.5) is 0 Å². The van der Waals surface area contributed by atoms with Crippen LogP contribution in [0.25, 0.3) is 0 Å². The van der Waals surface area contributed by atoms with E-state index in [1.165, 1.54) is 5.56 Å². The SMILES string of the molecule is NC1CCCC(C(=O)N2CCCC2c2ccccc2)C1. The number of hydrogen-bond acceptors (Lipinski definition) is 2. The van der Waals surface area contributed by atoms with Crippen LogP contribution >= 0.6 is 0 Å². The Hall–Kier alpha value is -1.35. The van der Waals surface area contributed by atoms with Gasteiger partial charge in [0, 0.05) is 18.5 Å². The highest BCUT2D eigenvalue weighted by Gasteiger charge is 2.35. The Balaban J connectivity index is 1.73. The number of hydrogen-bond donors (Lipinski definition) is 1. The van der Waals surface area contributed by atoms with E-state index in [4.69, 9.17) is 5.73 Å². The summed E-state index contributed by atoms with van der Waals surface area (Å²) in [7, 11) is 0. The summed E-state index contributed by atoms with van der Waals surface area (Å²) in [5, 5.41) is 0. The molecular formula is C17H24N2O. The third-order valence-electron chi connectivity index (χ3n) is 4.78. The number of nitrogens with two attached hydrogens (primary N) is 1. The van der Waals surface area contributed by atoms with Gasteiger partial charge in [0.25, 0.3) is 0 Å². The minimum atomic E-state index is 0.156. The van der Waals surface area contributed by atoms with Gasteiger partial charge in [0.05, 0.1) is 6.04 Å². The van der Waals surface area contributed by atoms with E-state index in [1.807, 2.05) is 6.07 Å². The van der Waals surface area contributed by atoms with Crippen molar-refractivity contribution < 1.29 is 4.79 Å². The Morgan fingerprint density at radius 3 is 2.65 bits per heavy atom. The lowest BCUT2D eigenvalue weighted by Gasteiger charge is -2.32. The molecule has 1 aliphatic carbocycles. The summed E-state index contributed by atoms with van der Waals surface area (Å²) in [5.74, 6) is 0.495. The molecule has 1 heterocycles. The zero-order chi connectivity index (χ0) is 13.9. The highest BCUT2D eigenvalue weighted by atomic mass is 16.2. The van der Waals surface area contributed by atoms with E-state index in [0.717, 1.165) is 45.1 Å². The molecule has 0 bridgehead atoms. The summed E-state index contributed by atoms with van der Waals surface area (Å²) in [6.45, 7) is 0.907. The lowest BCUT2D eigenvalue weighted by molar-refractivity contribution is -0.137. The van der Waals surface area contributed by atoms with Gasteiger partial charge in [-0.15, -0.1) is 0 Å². The maximum Gasteiger partial charge on any atom is 0.226 e. The van der Waals surface area contributed by atoms with Crippen molar-refractivity contribution in [3.8, 4) is 0 Å². The van der Waals surface area contributed by atoms with Gasteiger partial charge < -0.3 is 10.6 Å². The largest absolute Gasteiger partial charge is 0.335 e. The Kier molecular flexibility index (Phi) is 4.06. The topological polar surface area (TPSA) is 46.3 Å². The van der Waals surface area contributed by atoms with E-state index < -0.39 is 0 Å². The molecule has 2 aliphatic rings. The van der Waals surface area contributed by atoms with Crippen LogP contribution in [0.3, 0.4) is 0 Å². The number of nitrogens with zero attached hydrogens (tertiary/aromatic N) is 1. The predicted octanol–water partition coefficient (Wildman–Crippen LogP) is 2.87. The smallest absolute Gasteiger partial charge is 0.226 e. The van der Waals surface area contributed by atoms with Gasteiger partial charge in [0.2, 0.25) is 5.91 Å². The molecule has 2 fully saturated rings. The molecule has 3 unspecified atom stereocenters. The lowest BCUT2D eigenvalue weighted by Crippen LogP contribution is -2.40. The number of amides is 1. The molecule has 2 N–H and O–H groups in total. The molecule has 1 aromatic rings.